The average molecular weight is 178 g/mol. The van der Waals surface area contributed by atoms with Crippen molar-refractivity contribution in [1.82, 2.24) is 0 Å². The van der Waals surface area contributed by atoms with Crippen molar-refractivity contribution in [2.75, 3.05) is 6.61 Å². The Morgan fingerprint density at radius 1 is 1.60 bits per heavy atom. The fourth-order valence-electron chi connectivity index (χ4n) is 0.304. The fraction of sp³-hybridized carbons (Fsp3) is 1.00. The van der Waals surface area contributed by atoms with Crippen molar-refractivity contribution in [3.8, 4) is 0 Å². The Balaban J connectivity index is 0.000000162. The summed E-state index contributed by atoms with van der Waals surface area (Å²) in [6.45, 7) is 1.05. The van der Waals surface area contributed by atoms with E-state index in [0.717, 1.165) is 6.61 Å². The van der Waals surface area contributed by atoms with Crippen LogP contribution in [0.15, 0.2) is 0 Å². The van der Waals surface area contributed by atoms with Gasteiger partial charge in [-0.25, -0.2) is 4.57 Å². The van der Waals surface area contributed by atoms with Crippen molar-refractivity contribution in [2.24, 2.45) is 0 Å². The molecule has 0 aromatic rings. The summed E-state index contributed by atoms with van der Waals surface area (Å²) in [5.74, 6) is 0. The van der Waals surface area contributed by atoms with Crippen LogP contribution in [0.2, 0.25) is 3.67 Å². The van der Waals surface area contributed by atoms with Crippen LogP contribution in [0.25, 0.3) is 0 Å². The SMILES string of the molecule is O=P(O)(O)O.[Na][CH2]C1CO1. The zero-order chi connectivity index (χ0) is 8.20. The number of rotatable bonds is 1. The fourth-order valence-corrected chi connectivity index (χ4v) is 0.775. The third kappa shape index (κ3) is 16.0. The third-order valence-electron chi connectivity index (χ3n) is 0.858. The zero-order valence-electron chi connectivity index (χ0n) is 5.60. The summed E-state index contributed by atoms with van der Waals surface area (Å²) in [5.41, 5.74) is 0. The standard InChI is InChI=1S/C3H5O.Na.H3O4P/c1-3-2-4-3;;1-5(2,3)4/h3H,1-2H2;;(H3,1,2,3,4). The molecule has 5 nitrogen and oxygen atoms in total. The van der Waals surface area contributed by atoms with Gasteiger partial charge >= 0.3 is 56.9 Å². The summed E-state index contributed by atoms with van der Waals surface area (Å²) in [4.78, 5) is 21.6. The van der Waals surface area contributed by atoms with Crippen molar-refractivity contribution in [2.45, 2.75) is 9.77 Å². The van der Waals surface area contributed by atoms with Gasteiger partial charge in [-0.3, -0.25) is 0 Å². The second kappa shape index (κ2) is 4.85. The quantitative estimate of drug-likeness (QED) is 0.273. The second-order valence-electron chi connectivity index (χ2n) is 1.88. The predicted octanol–water partition coefficient (Wildman–Crippen LogP) is -0.957. The second-order valence-corrected chi connectivity index (χ2v) is 3.72. The van der Waals surface area contributed by atoms with Crippen LogP contribution < -0.4 is 0 Å². The first-order valence-electron chi connectivity index (χ1n) is 2.83. The van der Waals surface area contributed by atoms with E-state index in [4.69, 9.17) is 24.0 Å². The number of epoxide rings is 1. The van der Waals surface area contributed by atoms with E-state index in [2.05, 4.69) is 0 Å². The molecule has 1 saturated heterocycles. The van der Waals surface area contributed by atoms with Gasteiger partial charge in [0.25, 0.3) is 0 Å². The van der Waals surface area contributed by atoms with E-state index in [-0.39, 0.29) is 0 Å². The van der Waals surface area contributed by atoms with Crippen molar-refractivity contribution in [3.63, 3.8) is 0 Å². The molecule has 0 aromatic carbocycles. The van der Waals surface area contributed by atoms with E-state index in [1.54, 1.807) is 0 Å². The van der Waals surface area contributed by atoms with Crippen LogP contribution in [-0.4, -0.2) is 55.3 Å². The summed E-state index contributed by atoms with van der Waals surface area (Å²) in [6.07, 6.45) is 0.696. The van der Waals surface area contributed by atoms with Crippen molar-refractivity contribution >= 4 is 35.8 Å². The predicted molar refractivity (Wildman–Crippen MR) is 34.6 cm³/mol. The van der Waals surface area contributed by atoms with E-state index in [9.17, 15) is 0 Å². The molecule has 1 heterocycles. The molecule has 1 rings (SSSR count). The van der Waals surface area contributed by atoms with E-state index in [1.165, 1.54) is 31.6 Å². The van der Waals surface area contributed by atoms with Gasteiger partial charge in [0.15, 0.2) is 0 Å². The Kier molecular flexibility index (Phi) is 5.37. The molecule has 0 aromatic heterocycles. The Hall–Kier alpha value is 1.07. The Morgan fingerprint density at radius 2 is 1.90 bits per heavy atom. The maximum atomic E-state index is 8.88. The molecular formula is C3H8NaO5P. The molecule has 0 aliphatic carbocycles. The van der Waals surface area contributed by atoms with Gasteiger partial charge in [0.05, 0.1) is 0 Å². The molecule has 1 aliphatic heterocycles. The van der Waals surface area contributed by atoms with Crippen LogP contribution in [0.4, 0.5) is 0 Å². The molecule has 1 atom stereocenters. The number of hydrogen-bond acceptors (Lipinski definition) is 2. The topological polar surface area (TPSA) is 90.3 Å². The van der Waals surface area contributed by atoms with Crippen molar-refractivity contribution < 1.29 is 24.0 Å². The zero-order valence-corrected chi connectivity index (χ0v) is 8.49. The molecule has 10 heavy (non-hydrogen) atoms. The summed E-state index contributed by atoms with van der Waals surface area (Å²) in [7, 11) is -4.64. The maximum absolute atomic E-state index is 8.88. The first kappa shape index (κ1) is 11.1. The molecule has 0 spiro atoms. The van der Waals surface area contributed by atoms with E-state index in [0.29, 0.717) is 6.10 Å². The van der Waals surface area contributed by atoms with Gasteiger partial charge in [-0.05, 0) is 0 Å². The van der Waals surface area contributed by atoms with E-state index >= 15 is 0 Å². The summed E-state index contributed by atoms with van der Waals surface area (Å²) < 4.78 is 15.1. The summed E-state index contributed by atoms with van der Waals surface area (Å²) in [6, 6.07) is 0. The average Bonchev–Trinajstić information content (AvgIpc) is 2.39. The molecule has 1 fully saturated rings. The van der Waals surface area contributed by atoms with Crippen LogP contribution in [0.1, 0.15) is 0 Å². The minimum absolute atomic E-state index is 0.696. The molecule has 7 heteroatoms. The molecule has 1 aliphatic rings. The minimum atomic E-state index is -4.64. The molecule has 0 radical (unpaired) electrons. The van der Waals surface area contributed by atoms with E-state index < -0.39 is 7.82 Å². The molecular weight excluding hydrogens is 170 g/mol. The Morgan fingerprint density at radius 3 is 1.90 bits per heavy atom. The van der Waals surface area contributed by atoms with Gasteiger partial charge in [0.2, 0.25) is 0 Å². The monoisotopic (exact) mass is 178 g/mol. The van der Waals surface area contributed by atoms with E-state index in [1.807, 2.05) is 0 Å². The molecule has 0 amide bonds. The molecule has 3 N–H and O–H groups in total. The van der Waals surface area contributed by atoms with Gasteiger partial charge in [-0.15, -0.1) is 0 Å². The third-order valence-corrected chi connectivity index (χ3v) is 1.77. The molecule has 1 unspecified atom stereocenters. The molecule has 56 valence electrons. The van der Waals surface area contributed by atoms with Crippen LogP contribution in [0, 0.1) is 0 Å². The number of ether oxygens (including phenoxy) is 1. The normalized spacial score (nSPS) is 23.1. The van der Waals surface area contributed by atoms with Gasteiger partial charge in [0.1, 0.15) is 0 Å². The Bertz CT molecular complexity index is 121. The first-order chi connectivity index (χ1) is 4.43. The van der Waals surface area contributed by atoms with Crippen LogP contribution in [0.5, 0.6) is 0 Å². The summed E-state index contributed by atoms with van der Waals surface area (Å²) >= 11 is 1.31. The first-order valence-corrected chi connectivity index (χ1v) is 5.81. The van der Waals surface area contributed by atoms with Crippen molar-refractivity contribution in [3.05, 3.63) is 0 Å². The van der Waals surface area contributed by atoms with Gasteiger partial charge in [-0.2, -0.15) is 0 Å². The van der Waals surface area contributed by atoms with Crippen LogP contribution >= 0.6 is 7.82 Å². The number of phosphoric acid groups is 1. The van der Waals surface area contributed by atoms with Crippen molar-refractivity contribution in [1.29, 1.82) is 0 Å². The molecule has 0 saturated carbocycles. The van der Waals surface area contributed by atoms with Gasteiger partial charge in [0, 0.05) is 0 Å². The molecule has 0 bridgehead atoms. The van der Waals surface area contributed by atoms with Gasteiger partial charge < -0.3 is 14.7 Å². The summed E-state index contributed by atoms with van der Waals surface area (Å²) in [5, 5.41) is 0. The van der Waals surface area contributed by atoms with Crippen LogP contribution in [-0.2, 0) is 9.30 Å². The van der Waals surface area contributed by atoms with Gasteiger partial charge in [-0.1, -0.05) is 0 Å². The van der Waals surface area contributed by atoms with Crippen LogP contribution in [0.3, 0.4) is 0 Å². The Labute approximate surface area is 76.0 Å². The number of hydrogen-bond donors (Lipinski definition) is 3.